The molecule has 3 aromatic rings. The minimum atomic E-state index is -4.74. The first-order valence-corrected chi connectivity index (χ1v) is 15.4. The lowest BCUT2D eigenvalue weighted by molar-refractivity contribution is -0.140. The predicted molar refractivity (Wildman–Crippen MR) is 158 cm³/mol. The van der Waals surface area contributed by atoms with E-state index in [1.165, 1.54) is 11.0 Å². The summed E-state index contributed by atoms with van der Waals surface area (Å²) >= 11 is 12.4. The van der Waals surface area contributed by atoms with Crippen LogP contribution in [-0.2, 0) is 38.8 Å². The molecule has 0 radical (unpaired) electrons. The molecule has 0 bridgehead atoms. The Hall–Kier alpha value is -3.28. The number of anilines is 1. The molecule has 0 aliphatic heterocycles. The number of carbonyl (C=O) groups excluding carboxylic acids is 2. The average Bonchev–Trinajstić information content (AvgIpc) is 2.89. The van der Waals surface area contributed by atoms with Gasteiger partial charge in [-0.15, -0.1) is 0 Å². The molecule has 0 spiro atoms. The van der Waals surface area contributed by atoms with Crippen LogP contribution in [0.4, 0.5) is 18.9 Å². The molecule has 0 fully saturated rings. The Morgan fingerprint density at radius 2 is 1.62 bits per heavy atom. The fraction of sp³-hybridized carbons (Fsp3) is 0.310. The van der Waals surface area contributed by atoms with Crippen molar-refractivity contribution >= 4 is 50.7 Å². The highest BCUT2D eigenvalue weighted by atomic mass is 35.5. The summed E-state index contributed by atoms with van der Waals surface area (Å²) in [6, 6.07) is 15.7. The van der Waals surface area contributed by atoms with Crippen LogP contribution in [0.5, 0.6) is 0 Å². The van der Waals surface area contributed by atoms with Crippen LogP contribution in [0, 0.1) is 0 Å². The van der Waals surface area contributed by atoms with Crippen molar-refractivity contribution in [1.82, 2.24) is 10.2 Å². The number of halogens is 5. The maximum atomic E-state index is 14.0. The maximum absolute atomic E-state index is 14.0. The number of alkyl halides is 3. The zero-order valence-electron chi connectivity index (χ0n) is 23.0. The molecule has 1 atom stereocenters. The Kier molecular flexibility index (Phi) is 10.9. The van der Waals surface area contributed by atoms with E-state index in [4.69, 9.17) is 23.2 Å². The summed E-state index contributed by atoms with van der Waals surface area (Å²) in [4.78, 5) is 28.7. The standard InChI is InChI=1S/C29H30Cl2F3N3O4S/c1-19(2)35-28(39)26(14-20-8-5-4-6-9-20)36(17-21-12-13-23(30)16-25(21)31)27(38)18-37(42(3,40)41)24-11-7-10-22(15-24)29(32,33)34/h4-13,15-16,19,26H,14,17-18H2,1-3H3,(H,35,39)/t26-/m0/s1. The lowest BCUT2D eigenvalue weighted by Gasteiger charge is -2.34. The molecule has 42 heavy (non-hydrogen) atoms. The summed E-state index contributed by atoms with van der Waals surface area (Å²) in [6.45, 7) is 2.42. The minimum absolute atomic E-state index is 0.0682. The van der Waals surface area contributed by atoms with Gasteiger partial charge in [0.05, 0.1) is 17.5 Å². The molecule has 0 unspecified atom stereocenters. The predicted octanol–water partition coefficient (Wildman–Crippen LogP) is 5.94. The smallest absolute Gasteiger partial charge is 0.352 e. The number of benzene rings is 3. The molecule has 0 saturated carbocycles. The number of sulfonamides is 1. The van der Waals surface area contributed by atoms with Gasteiger partial charge in [0.25, 0.3) is 0 Å². The number of nitrogens with zero attached hydrogens (tertiary/aromatic N) is 2. The summed E-state index contributed by atoms with van der Waals surface area (Å²) in [5.41, 5.74) is -0.283. The lowest BCUT2D eigenvalue weighted by Crippen LogP contribution is -2.54. The average molecular weight is 645 g/mol. The summed E-state index contributed by atoms with van der Waals surface area (Å²) in [6.07, 6.45) is -3.89. The van der Waals surface area contributed by atoms with Crippen molar-refractivity contribution in [2.24, 2.45) is 0 Å². The molecule has 226 valence electrons. The third-order valence-corrected chi connectivity index (χ3v) is 7.93. The van der Waals surface area contributed by atoms with Gasteiger partial charge in [-0.2, -0.15) is 13.2 Å². The summed E-state index contributed by atoms with van der Waals surface area (Å²) in [7, 11) is -4.24. The molecule has 2 amide bonds. The van der Waals surface area contributed by atoms with Gasteiger partial charge >= 0.3 is 6.18 Å². The normalized spacial score (nSPS) is 12.6. The van der Waals surface area contributed by atoms with Gasteiger partial charge in [0.1, 0.15) is 12.6 Å². The van der Waals surface area contributed by atoms with E-state index in [9.17, 15) is 31.2 Å². The third kappa shape index (κ3) is 9.11. The van der Waals surface area contributed by atoms with E-state index in [1.54, 1.807) is 56.3 Å². The van der Waals surface area contributed by atoms with Crippen molar-refractivity contribution in [3.8, 4) is 0 Å². The Labute approximate surface area is 253 Å². The second-order valence-electron chi connectivity index (χ2n) is 9.94. The van der Waals surface area contributed by atoms with E-state index in [-0.39, 0.29) is 29.7 Å². The highest BCUT2D eigenvalue weighted by Crippen LogP contribution is 2.32. The quantitative estimate of drug-likeness (QED) is 0.280. The van der Waals surface area contributed by atoms with Gasteiger partial charge in [-0.25, -0.2) is 8.42 Å². The van der Waals surface area contributed by atoms with Crippen LogP contribution in [0.1, 0.15) is 30.5 Å². The molecule has 13 heteroatoms. The molecule has 0 aliphatic carbocycles. The second kappa shape index (κ2) is 13.8. The van der Waals surface area contributed by atoms with Crippen LogP contribution >= 0.6 is 23.2 Å². The van der Waals surface area contributed by atoms with Crippen LogP contribution < -0.4 is 9.62 Å². The van der Waals surface area contributed by atoms with Gasteiger partial charge in [0.2, 0.25) is 21.8 Å². The highest BCUT2D eigenvalue weighted by molar-refractivity contribution is 7.92. The van der Waals surface area contributed by atoms with Crippen LogP contribution in [0.25, 0.3) is 0 Å². The first-order chi connectivity index (χ1) is 19.6. The van der Waals surface area contributed by atoms with E-state index in [2.05, 4.69) is 5.32 Å². The third-order valence-electron chi connectivity index (χ3n) is 6.20. The van der Waals surface area contributed by atoms with Crippen molar-refractivity contribution in [1.29, 1.82) is 0 Å². The Balaban J connectivity index is 2.11. The Morgan fingerprint density at radius 1 is 0.952 bits per heavy atom. The fourth-order valence-electron chi connectivity index (χ4n) is 4.22. The molecular weight excluding hydrogens is 614 g/mol. The number of hydrogen-bond acceptors (Lipinski definition) is 4. The number of hydrogen-bond donors (Lipinski definition) is 1. The van der Waals surface area contributed by atoms with Crippen molar-refractivity contribution in [2.75, 3.05) is 17.1 Å². The zero-order valence-corrected chi connectivity index (χ0v) is 25.4. The van der Waals surface area contributed by atoms with Crippen LogP contribution in [0.3, 0.4) is 0 Å². The van der Waals surface area contributed by atoms with Gasteiger partial charge in [-0.1, -0.05) is 65.7 Å². The summed E-state index contributed by atoms with van der Waals surface area (Å²) in [5.74, 6) is -1.33. The lowest BCUT2D eigenvalue weighted by atomic mass is 10.0. The number of nitrogens with one attached hydrogen (secondary N) is 1. The second-order valence-corrected chi connectivity index (χ2v) is 12.7. The molecule has 1 N–H and O–H groups in total. The minimum Gasteiger partial charge on any atom is -0.352 e. The zero-order chi connectivity index (χ0) is 31.2. The van der Waals surface area contributed by atoms with Crippen molar-refractivity contribution in [3.63, 3.8) is 0 Å². The SMILES string of the molecule is CC(C)NC(=O)[C@H](Cc1ccccc1)N(Cc1ccc(Cl)cc1Cl)C(=O)CN(c1cccc(C(F)(F)F)c1)S(C)(=O)=O. The largest absolute Gasteiger partial charge is 0.416 e. The maximum Gasteiger partial charge on any atom is 0.416 e. The first kappa shape index (κ1) is 33.2. The number of amides is 2. The van der Waals surface area contributed by atoms with E-state index < -0.39 is 46.2 Å². The van der Waals surface area contributed by atoms with E-state index in [1.807, 2.05) is 0 Å². The van der Waals surface area contributed by atoms with Crippen LogP contribution in [0.2, 0.25) is 10.0 Å². The van der Waals surface area contributed by atoms with Gasteiger partial charge < -0.3 is 10.2 Å². The molecule has 3 rings (SSSR count). The van der Waals surface area contributed by atoms with Gasteiger partial charge in [-0.3, -0.25) is 13.9 Å². The van der Waals surface area contributed by atoms with Crippen LogP contribution in [-0.4, -0.2) is 50.0 Å². The highest BCUT2D eigenvalue weighted by Gasteiger charge is 2.35. The van der Waals surface area contributed by atoms with Crippen molar-refractivity contribution in [2.45, 2.75) is 45.1 Å². The van der Waals surface area contributed by atoms with Gasteiger partial charge in [0.15, 0.2) is 0 Å². The Bertz CT molecular complexity index is 1520. The molecule has 0 aromatic heterocycles. The molecule has 0 heterocycles. The van der Waals surface area contributed by atoms with E-state index in [0.717, 1.165) is 30.0 Å². The molecule has 0 aliphatic rings. The topological polar surface area (TPSA) is 86.8 Å². The molecule has 0 saturated heterocycles. The fourth-order valence-corrected chi connectivity index (χ4v) is 5.53. The van der Waals surface area contributed by atoms with Crippen molar-refractivity contribution in [3.05, 3.63) is 99.5 Å². The molecule has 7 nitrogen and oxygen atoms in total. The molecule has 3 aromatic carbocycles. The number of carbonyl (C=O) groups is 2. The van der Waals surface area contributed by atoms with Gasteiger partial charge in [0, 0.05) is 29.1 Å². The summed E-state index contributed by atoms with van der Waals surface area (Å²) < 4.78 is 66.5. The first-order valence-electron chi connectivity index (χ1n) is 12.8. The number of rotatable bonds is 11. The Morgan fingerprint density at radius 3 is 2.19 bits per heavy atom. The molecular formula is C29H30Cl2F3N3O4S. The van der Waals surface area contributed by atoms with E-state index >= 15 is 0 Å². The van der Waals surface area contributed by atoms with Gasteiger partial charge in [-0.05, 0) is 55.3 Å². The van der Waals surface area contributed by atoms with Crippen molar-refractivity contribution < 1.29 is 31.2 Å². The monoisotopic (exact) mass is 643 g/mol. The summed E-state index contributed by atoms with van der Waals surface area (Å²) in [5, 5.41) is 3.35. The van der Waals surface area contributed by atoms with E-state index in [0.29, 0.717) is 21.0 Å². The van der Waals surface area contributed by atoms with Crippen LogP contribution in [0.15, 0.2) is 72.8 Å².